The van der Waals surface area contributed by atoms with Crippen LogP contribution in [0.2, 0.25) is 10.0 Å². The number of halogens is 2. The van der Waals surface area contributed by atoms with Gasteiger partial charge in [0.1, 0.15) is 11.9 Å². The standard InChI is InChI=1S/C18H17Cl2NO2/c1-12(23-16-10-9-15(19)13(2)18(16)20)8-11-17(22)21-14-6-4-3-5-7-14/h3-12H,1-2H3,(H,21,22). The van der Waals surface area contributed by atoms with Crippen LogP contribution in [-0.4, -0.2) is 12.0 Å². The first-order valence-electron chi connectivity index (χ1n) is 7.13. The number of hydrogen-bond donors (Lipinski definition) is 1. The Labute approximate surface area is 145 Å². The average Bonchev–Trinajstić information content (AvgIpc) is 2.54. The van der Waals surface area contributed by atoms with Crippen LogP contribution in [-0.2, 0) is 4.79 Å². The molecule has 0 aliphatic carbocycles. The molecule has 0 aromatic heterocycles. The molecule has 5 heteroatoms. The zero-order valence-corrected chi connectivity index (χ0v) is 14.4. The van der Waals surface area contributed by atoms with Crippen molar-refractivity contribution in [1.29, 1.82) is 0 Å². The molecule has 2 aromatic rings. The van der Waals surface area contributed by atoms with Crippen molar-refractivity contribution in [3.63, 3.8) is 0 Å². The van der Waals surface area contributed by atoms with Gasteiger partial charge in [-0.25, -0.2) is 0 Å². The Balaban J connectivity index is 1.95. The molecule has 1 unspecified atom stereocenters. The number of para-hydroxylation sites is 1. The van der Waals surface area contributed by atoms with Gasteiger partial charge in [-0.3, -0.25) is 4.79 Å². The van der Waals surface area contributed by atoms with Crippen LogP contribution in [0.5, 0.6) is 5.75 Å². The second kappa shape index (κ2) is 8.04. The van der Waals surface area contributed by atoms with Crippen molar-refractivity contribution in [3.05, 3.63) is 70.2 Å². The van der Waals surface area contributed by atoms with Crippen molar-refractivity contribution < 1.29 is 9.53 Å². The van der Waals surface area contributed by atoms with Gasteiger partial charge in [-0.1, -0.05) is 41.4 Å². The van der Waals surface area contributed by atoms with Gasteiger partial charge >= 0.3 is 0 Å². The number of benzene rings is 2. The van der Waals surface area contributed by atoms with Gasteiger partial charge in [-0.05, 0) is 49.8 Å². The minimum Gasteiger partial charge on any atom is -0.485 e. The summed E-state index contributed by atoms with van der Waals surface area (Å²) >= 11 is 12.2. The molecule has 1 amide bonds. The lowest BCUT2D eigenvalue weighted by atomic mass is 10.2. The zero-order chi connectivity index (χ0) is 16.8. The van der Waals surface area contributed by atoms with Gasteiger partial charge < -0.3 is 10.1 Å². The Kier molecular flexibility index (Phi) is 6.08. The van der Waals surface area contributed by atoms with Crippen LogP contribution in [0, 0.1) is 6.92 Å². The van der Waals surface area contributed by atoms with Crippen molar-refractivity contribution >= 4 is 34.8 Å². The summed E-state index contributed by atoms with van der Waals surface area (Å²) in [6.45, 7) is 3.65. The van der Waals surface area contributed by atoms with Crippen molar-refractivity contribution in [2.24, 2.45) is 0 Å². The summed E-state index contributed by atoms with van der Waals surface area (Å²) in [7, 11) is 0. The summed E-state index contributed by atoms with van der Waals surface area (Å²) < 4.78 is 5.72. The SMILES string of the molecule is Cc1c(Cl)ccc(OC(C)C=CC(=O)Nc2ccccc2)c1Cl. The zero-order valence-electron chi connectivity index (χ0n) is 12.8. The maximum Gasteiger partial charge on any atom is 0.248 e. The van der Waals surface area contributed by atoms with E-state index in [1.807, 2.05) is 44.2 Å². The summed E-state index contributed by atoms with van der Waals surface area (Å²) in [6.07, 6.45) is 2.79. The Bertz CT molecular complexity index is 714. The fourth-order valence-electron chi connectivity index (χ4n) is 1.90. The molecule has 0 fully saturated rings. The molecule has 2 rings (SSSR count). The molecule has 2 aromatic carbocycles. The number of nitrogens with one attached hydrogen (secondary N) is 1. The van der Waals surface area contributed by atoms with Gasteiger partial charge in [0.15, 0.2) is 0 Å². The largest absolute Gasteiger partial charge is 0.485 e. The third kappa shape index (κ3) is 5.02. The van der Waals surface area contributed by atoms with E-state index in [9.17, 15) is 4.79 Å². The molecule has 0 saturated heterocycles. The van der Waals surface area contributed by atoms with Crippen LogP contribution in [0.3, 0.4) is 0 Å². The van der Waals surface area contributed by atoms with Crippen molar-refractivity contribution in [3.8, 4) is 5.75 Å². The molecule has 1 atom stereocenters. The molecular weight excluding hydrogens is 333 g/mol. The summed E-state index contributed by atoms with van der Waals surface area (Å²) in [5, 5.41) is 3.83. The minimum absolute atomic E-state index is 0.218. The Morgan fingerprint density at radius 1 is 1.17 bits per heavy atom. The van der Waals surface area contributed by atoms with Gasteiger partial charge in [0.05, 0.1) is 5.02 Å². The second-order valence-corrected chi connectivity index (χ2v) is 5.81. The van der Waals surface area contributed by atoms with Crippen LogP contribution in [0.4, 0.5) is 5.69 Å². The lowest BCUT2D eigenvalue weighted by molar-refractivity contribution is -0.111. The smallest absolute Gasteiger partial charge is 0.248 e. The number of ether oxygens (including phenoxy) is 1. The van der Waals surface area contributed by atoms with E-state index in [-0.39, 0.29) is 12.0 Å². The first-order valence-corrected chi connectivity index (χ1v) is 7.88. The highest BCUT2D eigenvalue weighted by molar-refractivity contribution is 6.36. The van der Waals surface area contributed by atoms with Crippen molar-refractivity contribution in [1.82, 2.24) is 0 Å². The first-order chi connectivity index (χ1) is 11.0. The lowest BCUT2D eigenvalue weighted by Crippen LogP contribution is -2.12. The molecule has 120 valence electrons. The van der Waals surface area contributed by atoms with Gasteiger partial charge in [0, 0.05) is 16.8 Å². The van der Waals surface area contributed by atoms with E-state index in [4.69, 9.17) is 27.9 Å². The third-order valence-corrected chi connectivity index (χ3v) is 4.04. The number of carbonyl (C=O) groups is 1. The summed E-state index contributed by atoms with van der Waals surface area (Å²) in [5.41, 5.74) is 1.51. The molecule has 23 heavy (non-hydrogen) atoms. The van der Waals surface area contributed by atoms with E-state index in [0.717, 1.165) is 11.3 Å². The highest BCUT2D eigenvalue weighted by Gasteiger charge is 2.10. The number of carbonyl (C=O) groups excluding carboxylic acids is 1. The third-order valence-electron chi connectivity index (χ3n) is 3.16. The van der Waals surface area contributed by atoms with Crippen LogP contribution in [0.25, 0.3) is 0 Å². The van der Waals surface area contributed by atoms with E-state index in [2.05, 4.69) is 5.32 Å². The number of amides is 1. The van der Waals surface area contributed by atoms with Gasteiger partial charge in [0.25, 0.3) is 0 Å². The fraction of sp³-hybridized carbons (Fsp3) is 0.167. The van der Waals surface area contributed by atoms with E-state index in [1.165, 1.54) is 6.08 Å². The van der Waals surface area contributed by atoms with E-state index >= 15 is 0 Å². The first kappa shape index (κ1) is 17.4. The Hall–Kier alpha value is -1.97. The molecule has 0 bridgehead atoms. The van der Waals surface area contributed by atoms with E-state index in [0.29, 0.717) is 15.8 Å². The molecule has 0 aliphatic rings. The Morgan fingerprint density at radius 2 is 1.87 bits per heavy atom. The summed E-state index contributed by atoms with van der Waals surface area (Å²) in [4.78, 5) is 11.8. The highest BCUT2D eigenvalue weighted by atomic mass is 35.5. The van der Waals surface area contributed by atoms with Crippen LogP contribution in [0.15, 0.2) is 54.6 Å². The monoisotopic (exact) mass is 349 g/mol. The number of rotatable bonds is 5. The summed E-state index contributed by atoms with van der Waals surface area (Å²) in [5.74, 6) is 0.319. The van der Waals surface area contributed by atoms with Crippen molar-refractivity contribution in [2.45, 2.75) is 20.0 Å². The van der Waals surface area contributed by atoms with Gasteiger partial charge in [0.2, 0.25) is 5.91 Å². The molecule has 1 N–H and O–H groups in total. The maximum absolute atomic E-state index is 11.8. The van der Waals surface area contributed by atoms with Gasteiger partial charge in [-0.2, -0.15) is 0 Å². The molecule has 0 spiro atoms. The quantitative estimate of drug-likeness (QED) is 0.747. The second-order valence-electron chi connectivity index (χ2n) is 5.02. The van der Waals surface area contributed by atoms with E-state index in [1.54, 1.807) is 18.2 Å². The normalized spacial score (nSPS) is 12.2. The molecule has 0 radical (unpaired) electrons. The summed E-state index contributed by atoms with van der Waals surface area (Å²) in [6, 6.07) is 12.7. The van der Waals surface area contributed by atoms with Crippen molar-refractivity contribution in [2.75, 3.05) is 5.32 Å². The molecule has 0 aliphatic heterocycles. The lowest BCUT2D eigenvalue weighted by Gasteiger charge is -2.14. The molecule has 3 nitrogen and oxygen atoms in total. The molecule has 0 saturated carbocycles. The Morgan fingerprint density at radius 3 is 2.57 bits per heavy atom. The number of anilines is 1. The average molecular weight is 350 g/mol. The van der Waals surface area contributed by atoms with Crippen LogP contribution < -0.4 is 10.1 Å². The van der Waals surface area contributed by atoms with Crippen LogP contribution >= 0.6 is 23.2 Å². The molecule has 0 heterocycles. The predicted octanol–water partition coefficient (Wildman–Crippen LogP) is 5.26. The van der Waals surface area contributed by atoms with Crippen LogP contribution in [0.1, 0.15) is 12.5 Å². The highest BCUT2D eigenvalue weighted by Crippen LogP contribution is 2.33. The topological polar surface area (TPSA) is 38.3 Å². The number of hydrogen-bond acceptors (Lipinski definition) is 2. The predicted molar refractivity (Wildman–Crippen MR) is 95.5 cm³/mol. The minimum atomic E-state index is -0.311. The van der Waals surface area contributed by atoms with E-state index < -0.39 is 0 Å². The maximum atomic E-state index is 11.8. The molecular formula is C18H17Cl2NO2. The fourth-order valence-corrected chi connectivity index (χ4v) is 2.31. The van der Waals surface area contributed by atoms with Gasteiger partial charge in [-0.15, -0.1) is 0 Å².